The van der Waals surface area contributed by atoms with Crippen molar-refractivity contribution in [3.63, 3.8) is 0 Å². The molecule has 5 heteroatoms. The third-order valence-corrected chi connectivity index (χ3v) is 4.39. The van der Waals surface area contributed by atoms with Gasteiger partial charge in [-0.2, -0.15) is 0 Å². The highest BCUT2D eigenvalue weighted by Crippen LogP contribution is 2.17. The second-order valence-corrected chi connectivity index (χ2v) is 6.66. The van der Waals surface area contributed by atoms with Crippen LogP contribution in [0.1, 0.15) is 30.0 Å². The van der Waals surface area contributed by atoms with E-state index < -0.39 is 6.04 Å². The van der Waals surface area contributed by atoms with Crippen LogP contribution in [-0.4, -0.2) is 36.4 Å². The number of rotatable bonds is 8. The van der Waals surface area contributed by atoms with E-state index in [9.17, 15) is 9.59 Å². The zero-order valence-electron chi connectivity index (χ0n) is 16.5. The zero-order chi connectivity index (χ0) is 19.8. The molecule has 0 heterocycles. The minimum atomic E-state index is -0.537. The Kier molecular flexibility index (Phi) is 7.41. The molecule has 0 saturated carbocycles. The number of ether oxygens (including phenoxy) is 1. The van der Waals surface area contributed by atoms with Crippen LogP contribution in [0.5, 0.6) is 5.75 Å². The van der Waals surface area contributed by atoms with Gasteiger partial charge in [-0.3, -0.25) is 9.59 Å². The number of nitrogens with one attached hydrogen (secondary N) is 1. The molecule has 2 aromatic rings. The van der Waals surface area contributed by atoms with E-state index in [1.165, 1.54) is 0 Å². The maximum Gasteiger partial charge on any atom is 0.261 e. The van der Waals surface area contributed by atoms with E-state index in [0.717, 1.165) is 16.7 Å². The second-order valence-electron chi connectivity index (χ2n) is 6.66. The summed E-state index contributed by atoms with van der Waals surface area (Å²) in [5, 5.41) is 2.65. The van der Waals surface area contributed by atoms with Crippen molar-refractivity contribution in [2.24, 2.45) is 0 Å². The predicted octanol–water partition coefficient (Wildman–Crippen LogP) is 3.24. The third kappa shape index (κ3) is 5.84. The summed E-state index contributed by atoms with van der Waals surface area (Å²) in [4.78, 5) is 26.8. The Labute approximate surface area is 161 Å². The van der Waals surface area contributed by atoms with Gasteiger partial charge in [0.25, 0.3) is 5.91 Å². The van der Waals surface area contributed by atoms with Gasteiger partial charge in [0, 0.05) is 13.6 Å². The molecule has 2 amide bonds. The average Bonchev–Trinajstić information content (AvgIpc) is 2.65. The molecule has 0 aliphatic carbocycles. The summed E-state index contributed by atoms with van der Waals surface area (Å²) in [6.07, 6.45) is 0.530. The summed E-state index contributed by atoms with van der Waals surface area (Å²) in [6, 6.07) is 15.0. The molecule has 0 saturated heterocycles. The molecular weight excluding hydrogens is 340 g/mol. The van der Waals surface area contributed by atoms with Crippen molar-refractivity contribution in [2.45, 2.75) is 39.8 Å². The van der Waals surface area contributed by atoms with E-state index >= 15 is 0 Å². The molecule has 0 aromatic heterocycles. The van der Waals surface area contributed by atoms with Gasteiger partial charge in [0.05, 0.1) is 0 Å². The van der Waals surface area contributed by atoms with Crippen molar-refractivity contribution >= 4 is 11.8 Å². The number of benzene rings is 2. The van der Waals surface area contributed by atoms with E-state index in [1.54, 1.807) is 11.9 Å². The maximum absolute atomic E-state index is 12.9. The van der Waals surface area contributed by atoms with Gasteiger partial charge in [0.1, 0.15) is 11.8 Å². The SMILES string of the molecule is CCC(C(=O)NC)N(Cc1ccccc1)C(=O)COc1cc(C)cc(C)c1. The smallest absolute Gasteiger partial charge is 0.261 e. The number of likely N-dealkylation sites (N-methyl/N-ethyl adjacent to an activating group) is 1. The lowest BCUT2D eigenvalue weighted by Gasteiger charge is -2.30. The van der Waals surface area contributed by atoms with Gasteiger partial charge in [0.15, 0.2) is 6.61 Å². The van der Waals surface area contributed by atoms with Gasteiger partial charge in [-0.05, 0) is 49.1 Å². The molecule has 27 heavy (non-hydrogen) atoms. The maximum atomic E-state index is 12.9. The van der Waals surface area contributed by atoms with Crippen molar-refractivity contribution in [1.29, 1.82) is 0 Å². The molecule has 0 radical (unpaired) electrons. The molecular formula is C22H28N2O3. The van der Waals surface area contributed by atoms with Gasteiger partial charge in [0.2, 0.25) is 5.91 Å². The summed E-state index contributed by atoms with van der Waals surface area (Å²) in [5.41, 5.74) is 3.13. The Bertz CT molecular complexity index is 754. The van der Waals surface area contributed by atoms with Crippen LogP contribution >= 0.6 is 0 Å². The van der Waals surface area contributed by atoms with Crippen LogP contribution in [0, 0.1) is 13.8 Å². The first-order valence-electron chi connectivity index (χ1n) is 9.20. The first-order chi connectivity index (χ1) is 12.9. The second kappa shape index (κ2) is 9.76. The lowest BCUT2D eigenvalue weighted by atomic mass is 10.1. The summed E-state index contributed by atoms with van der Waals surface area (Å²) >= 11 is 0. The van der Waals surface area contributed by atoms with Gasteiger partial charge >= 0.3 is 0 Å². The highest BCUT2D eigenvalue weighted by atomic mass is 16.5. The first-order valence-corrected chi connectivity index (χ1v) is 9.20. The molecule has 2 rings (SSSR count). The lowest BCUT2D eigenvalue weighted by molar-refractivity contribution is -0.142. The fourth-order valence-electron chi connectivity index (χ4n) is 3.11. The minimum Gasteiger partial charge on any atom is -0.484 e. The Morgan fingerprint density at radius 1 is 1.07 bits per heavy atom. The fourth-order valence-corrected chi connectivity index (χ4v) is 3.11. The van der Waals surface area contributed by atoms with Gasteiger partial charge < -0.3 is 15.0 Å². The van der Waals surface area contributed by atoms with Crippen LogP contribution in [0.2, 0.25) is 0 Å². The predicted molar refractivity (Wildman–Crippen MR) is 107 cm³/mol. The third-order valence-electron chi connectivity index (χ3n) is 4.39. The molecule has 0 aliphatic rings. The number of carbonyl (C=O) groups is 2. The van der Waals surface area contributed by atoms with Crippen molar-refractivity contribution in [2.75, 3.05) is 13.7 Å². The number of amides is 2. The Balaban J connectivity index is 2.17. The van der Waals surface area contributed by atoms with Gasteiger partial charge in [-0.15, -0.1) is 0 Å². The Hall–Kier alpha value is -2.82. The number of aryl methyl sites for hydroxylation is 2. The van der Waals surface area contributed by atoms with E-state index in [4.69, 9.17) is 4.74 Å². The monoisotopic (exact) mass is 368 g/mol. The molecule has 5 nitrogen and oxygen atoms in total. The average molecular weight is 368 g/mol. The van der Waals surface area contributed by atoms with Crippen molar-refractivity contribution in [3.05, 3.63) is 65.2 Å². The molecule has 2 aromatic carbocycles. The number of hydrogen-bond acceptors (Lipinski definition) is 3. The summed E-state index contributed by atoms with van der Waals surface area (Å²) in [5.74, 6) is 0.273. The first kappa shape index (κ1) is 20.5. The van der Waals surface area contributed by atoms with Crippen LogP contribution < -0.4 is 10.1 Å². The Morgan fingerprint density at radius 3 is 2.26 bits per heavy atom. The van der Waals surface area contributed by atoms with Crippen molar-refractivity contribution in [1.82, 2.24) is 10.2 Å². The lowest BCUT2D eigenvalue weighted by Crippen LogP contribution is -2.49. The van der Waals surface area contributed by atoms with Crippen LogP contribution in [0.4, 0.5) is 0 Å². The summed E-state index contributed by atoms with van der Waals surface area (Å²) in [7, 11) is 1.59. The molecule has 0 bridgehead atoms. The summed E-state index contributed by atoms with van der Waals surface area (Å²) in [6.45, 7) is 6.13. The molecule has 0 fully saturated rings. The highest BCUT2D eigenvalue weighted by molar-refractivity contribution is 5.88. The number of nitrogens with zero attached hydrogens (tertiary/aromatic N) is 1. The van der Waals surface area contributed by atoms with Crippen LogP contribution in [-0.2, 0) is 16.1 Å². The molecule has 1 unspecified atom stereocenters. The van der Waals surface area contributed by atoms with Crippen molar-refractivity contribution < 1.29 is 14.3 Å². The molecule has 0 aliphatic heterocycles. The zero-order valence-corrected chi connectivity index (χ0v) is 16.5. The number of hydrogen-bond donors (Lipinski definition) is 1. The van der Waals surface area contributed by atoms with E-state index in [2.05, 4.69) is 11.4 Å². The summed E-state index contributed by atoms with van der Waals surface area (Å²) < 4.78 is 5.73. The van der Waals surface area contributed by atoms with Gasteiger partial charge in [-0.1, -0.05) is 43.3 Å². The van der Waals surface area contributed by atoms with Gasteiger partial charge in [-0.25, -0.2) is 0 Å². The molecule has 1 atom stereocenters. The molecule has 0 spiro atoms. The van der Waals surface area contributed by atoms with Crippen LogP contribution in [0.3, 0.4) is 0 Å². The minimum absolute atomic E-state index is 0.108. The number of carbonyl (C=O) groups excluding carboxylic acids is 2. The Morgan fingerprint density at radius 2 is 1.70 bits per heavy atom. The standard InChI is InChI=1S/C22H28N2O3/c1-5-20(22(26)23-4)24(14-18-9-7-6-8-10-18)21(25)15-27-19-12-16(2)11-17(3)13-19/h6-13,20H,5,14-15H2,1-4H3,(H,23,26). The topological polar surface area (TPSA) is 58.6 Å². The quantitative estimate of drug-likeness (QED) is 0.778. The largest absolute Gasteiger partial charge is 0.484 e. The molecule has 144 valence electrons. The van der Waals surface area contributed by atoms with Crippen LogP contribution in [0.15, 0.2) is 48.5 Å². The van der Waals surface area contributed by atoms with E-state index in [-0.39, 0.29) is 18.4 Å². The van der Waals surface area contributed by atoms with E-state index in [0.29, 0.717) is 18.7 Å². The van der Waals surface area contributed by atoms with Crippen LogP contribution in [0.25, 0.3) is 0 Å². The molecule has 1 N–H and O–H groups in total. The highest BCUT2D eigenvalue weighted by Gasteiger charge is 2.28. The van der Waals surface area contributed by atoms with Crippen molar-refractivity contribution in [3.8, 4) is 5.75 Å². The van der Waals surface area contributed by atoms with E-state index in [1.807, 2.05) is 63.2 Å². The normalized spacial score (nSPS) is 11.6. The fraction of sp³-hybridized carbons (Fsp3) is 0.364.